The van der Waals surface area contributed by atoms with E-state index in [1.165, 1.54) is 53.7 Å². The largest absolute Gasteiger partial charge is 0.501 e. The molecule has 0 fully saturated rings. The summed E-state index contributed by atoms with van der Waals surface area (Å²) < 4.78 is 7.76. The average Bonchev–Trinajstić information content (AvgIpc) is 3.65. The van der Waals surface area contributed by atoms with Crippen molar-refractivity contribution >= 4 is 43.4 Å². The first kappa shape index (κ1) is 34.5. The molecule has 0 saturated carbocycles. The molecule has 1 radical (unpaired) electrons. The van der Waals surface area contributed by atoms with Gasteiger partial charge in [-0.2, -0.15) is 0 Å². The second kappa shape index (κ2) is 13.8. The summed E-state index contributed by atoms with van der Waals surface area (Å²) in [7, 11) is 0. The summed E-state index contributed by atoms with van der Waals surface area (Å²) in [5, 5.41) is 3.56. The molecule has 4 aromatic heterocycles. The number of thiophene rings is 1. The summed E-state index contributed by atoms with van der Waals surface area (Å²) in [6.07, 6.45) is 3.91. The predicted octanol–water partition coefficient (Wildman–Crippen LogP) is 12.4. The number of pyridine rings is 2. The maximum Gasteiger partial charge on any atom is 0.121 e. The fraction of sp³-hybridized carbons (Fsp3) is 0.182. The molecule has 8 rings (SSSR count). The Morgan fingerprint density at radius 3 is 2.18 bits per heavy atom. The molecule has 5 heteroatoms. The van der Waals surface area contributed by atoms with Gasteiger partial charge >= 0.3 is 0 Å². The minimum atomic E-state index is -0.0517. The first-order valence-electron chi connectivity index (χ1n) is 16.3. The second-order valence-corrected chi connectivity index (χ2v) is 14.8. The van der Waals surface area contributed by atoms with Crippen LogP contribution in [0.3, 0.4) is 0 Å². The van der Waals surface area contributed by atoms with E-state index in [9.17, 15) is 0 Å². The van der Waals surface area contributed by atoms with Crippen molar-refractivity contribution < 1.29 is 24.5 Å². The van der Waals surface area contributed by atoms with Gasteiger partial charge in [0.15, 0.2) is 0 Å². The van der Waals surface area contributed by atoms with E-state index in [1.54, 1.807) is 0 Å². The number of benzene rings is 4. The van der Waals surface area contributed by atoms with Gasteiger partial charge in [-0.3, -0.25) is 0 Å². The van der Waals surface area contributed by atoms with Gasteiger partial charge in [0.2, 0.25) is 0 Å². The summed E-state index contributed by atoms with van der Waals surface area (Å²) in [6, 6.07) is 37.9. The van der Waals surface area contributed by atoms with Gasteiger partial charge < -0.3 is 14.4 Å². The number of furan rings is 1. The van der Waals surface area contributed by atoms with Crippen LogP contribution in [0.25, 0.3) is 65.7 Å². The van der Waals surface area contributed by atoms with Crippen molar-refractivity contribution in [3.05, 3.63) is 143 Å². The van der Waals surface area contributed by atoms with Crippen LogP contribution < -0.4 is 0 Å². The van der Waals surface area contributed by atoms with Gasteiger partial charge in [0, 0.05) is 58.4 Å². The van der Waals surface area contributed by atoms with Crippen LogP contribution in [0.4, 0.5) is 0 Å². The fourth-order valence-corrected chi connectivity index (χ4v) is 7.43. The van der Waals surface area contributed by atoms with Crippen LogP contribution in [0.5, 0.6) is 0 Å². The molecule has 4 heterocycles. The maximum absolute atomic E-state index is 6.47. The number of aromatic nitrogens is 2. The quantitative estimate of drug-likeness (QED) is 0.166. The normalized spacial score (nSPS) is 11.4. The van der Waals surface area contributed by atoms with Gasteiger partial charge in [-0.15, -0.1) is 65.4 Å². The molecule has 49 heavy (non-hydrogen) atoms. The average molecular weight is 835 g/mol. The Bertz CT molecular complexity index is 2400. The van der Waals surface area contributed by atoms with Crippen molar-refractivity contribution in [2.75, 3.05) is 0 Å². The second-order valence-electron chi connectivity index (χ2n) is 13.5. The van der Waals surface area contributed by atoms with Crippen LogP contribution in [-0.4, -0.2) is 9.97 Å². The van der Waals surface area contributed by atoms with E-state index in [0.717, 1.165) is 39.1 Å². The van der Waals surface area contributed by atoms with Gasteiger partial charge in [-0.25, -0.2) is 0 Å². The minimum absolute atomic E-state index is 0. The minimum Gasteiger partial charge on any atom is -0.501 e. The van der Waals surface area contributed by atoms with E-state index in [1.807, 2.05) is 67.1 Å². The van der Waals surface area contributed by atoms with E-state index in [-0.39, 0.29) is 25.5 Å². The van der Waals surface area contributed by atoms with Crippen molar-refractivity contribution in [2.45, 2.75) is 53.9 Å². The number of fused-ring (bicyclic) bond motifs is 5. The molecule has 247 valence electrons. The van der Waals surface area contributed by atoms with E-state index >= 15 is 0 Å². The molecule has 0 bridgehead atoms. The molecule has 0 unspecified atom stereocenters. The third kappa shape index (κ3) is 6.76. The van der Waals surface area contributed by atoms with Gasteiger partial charge in [0.1, 0.15) is 5.58 Å². The summed E-state index contributed by atoms with van der Waals surface area (Å²) in [5.41, 5.74) is 13.0. The fourth-order valence-electron chi connectivity index (χ4n) is 6.50. The maximum atomic E-state index is 6.47. The molecule has 0 aliphatic rings. The molecule has 0 spiro atoms. The Morgan fingerprint density at radius 2 is 1.49 bits per heavy atom. The van der Waals surface area contributed by atoms with Crippen molar-refractivity contribution in [1.82, 2.24) is 9.97 Å². The first-order valence-corrected chi connectivity index (χ1v) is 17.1. The summed E-state index contributed by atoms with van der Waals surface area (Å²) in [6.45, 7) is 15.4. The molecule has 0 atom stereocenters. The van der Waals surface area contributed by atoms with Gasteiger partial charge in [-0.05, 0) is 90.5 Å². The predicted molar refractivity (Wildman–Crippen MR) is 203 cm³/mol. The standard InChI is InChI=1S/C32H28NOS.C12H10N.Ir/c1-18-9-7-10-19(2)29(18)24-17-33-26(16-25(24)32(4,5)6)21-11-8-12-22-30-23-15-20(3)35-28(23)14-13-27(30)34-31(21)22;1-10-7-8-12(13-9-10)11-5-3-2-4-6-11;/h7-10,12-17H,1-6H3;2-5,7-9H,1H3;/q2*-1;. The Kier molecular flexibility index (Phi) is 9.73. The molecule has 8 aromatic rings. The Morgan fingerprint density at radius 1 is 0.714 bits per heavy atom. The topological polar surface area (TPSA) is 38.9 Å². The molecular weight excluding hydrogens is 797 g/mol. The molecule has 0 aliphatic heterocycles. The monoisotopic (exact) mass is 835 g/mol. The van der Waals surface area contributed by atoms with Crippen molar-refractivity contribution in [3.63, 3.8) is 0 Å². The Labute approximate surface area is 306 Å². The van der Waals surface area contributed by atoms with Gasteiger partial charge in [0.05, 0.1) is 5.58 Å². The third-order valence-electron chi connectivity index (χ3n) is 8.83. The zero-order valence-electron chi connectivity index (χ0n) is 28.9. The summed E-state index contributed by atoms with van der Waals surface area (Å²) in [4.78, 5) is 10.6. The molecule has 4 aromatic carbocycles. The number of hydrogen-bond donors (Lipinski definition) is 0. The van der Waals surface area contributed by atoms with Crippen LogP contribution in [0.15, 0.2) is 108 Å². The Balaban J connectivity index is 0.000000250. The SMILES string of the molecule is Cc1cc2c(ccc3oc4c(-c5cc(C(C)(C)C)c(-c6c(C)cccc6C)cn5)[c-]ccc4c32)s1.Cc1ccc(-c2[c-]cccc2)nc1.[Ir]. The zero-order chi connectivity index (χ0) is 33.6. The zero-order valence-corrected chi connectivity index (χ0v) is 32.1. The van der Waals surface area contributed by atoms with Gasteiger partial charge in [-0.1, -0.05) is 68.1 Å². The van der Waals surface area contributed by atoms with E-state index in [0.29, 0.717) is 0 Å². The number of rotatable bonds is 3. The Hall–Kier alpha value is -4.41. The molecule has 0 saturated heterocycles. The van der Waals surface area contributed by atoms with Crippen LogP contribution in [0, 0.1) is 39.8 Å². The van der Waals surface area contributed by atoms with Crippen LogP contribution in [0.1, 0.15) is 47.9 Å². The third-order valence-corrected chi connectivity index (χ3v) is 9.85. The van der Waals surface area contributed by atoms with Crippen molar-refractivity contribution in [3.8, 4) is 33.6 Å². The molecule has 0 amide bonds. The summed E-state index contributed by atoms with van der Waals surface area (Å²) in [5.74, 6) is 0. The smallest absolute Gasteiger partial charge is 0.121 e. The molecule has 0 N–H and O–H groups in total. The molecule has 3 nitrogen and oxygen atoms in total. The van der Waals surface area contributed by atoms with Crippen LogP contribution in [0.2, 0.25) is 0 Å². The molecule has 0 aliphatic carbocycles. The van der Waals surface area contributed by atoms with Crippen LogP contribution in [-0.2, 0) is 25.5 Å². The number of nitrogens with zero attached hydrogens (tertiary/aromatic N) is 2. The number of aryl methyl sites for hydroxylation is 4. The van der Waals surface area contributed by atoms with Crippen LogP contribution >= 0.6 is 11.3 Å². The first-order chi connectivity index (χ1) is 23.1. The van der Waals surface area contributed by atoms with Gasteiger partial charge in [0.25, 0.3) is 0 Å². The van der Waals surface area contributed by atoms with E-state index in [2.05, 4.69) is 113 Å². The molecular formula is C44H38IrN2OS-2. The van der Waals surface area contributed by atoms with E-state index in [4.69, 9.17) is 9.40 Å². The summed E-state index contributed by atoms with van der Waals surface area (Å²) >= 11 is 1.82. The van der Waals surface area contributed by atoms with E-state index < -0.39 is 0 Å². The van der Waals surface area contributed by atoms with Crippen molar-refractivity contribution in [2.24, 2.45) is 0 Å². The number of hydrogen-bond acceptors (Lipinski definition) is 4. The van der Waals surface area contributed by atoms with Crippen molar-refractivity contribution in [1.29, 1.82) is 0 Å².